The molecule has 0 bridgehead atoms. The second kappa shape index (κ2) is 5.72. The number of amides is 1. The third kappa shape index (κ3) is 2.96. The van der Waals surface area contributed by atoms with Crippen molar-refractivity contribution >= 4 is 60.8 Å². The molecule has 0 fully saturated rings. The van der Waals surface area contributed by atoms with Crippen LogP contribution in [0.1, 0.15) is 15.2 Å². The number of aromatic nitrogens is 2. The molecule has 2 aromatic heterocycles. The molecule has 1 amide bonds. The van der Waals surface area contributed by atoms with Gasteiger partial charge in [-0.1, -0.05) is 5.16 Å². The number of rotatable bonds is 3. The van der Waals surface area contributed by atoms with Gasteiger partial charge in [-0.15, -0.1) is 11.3 Å². The Hall–Kier alpha value is -1.39. The standard InChI is InChI=1S/C9H7Br2N5O2S/c10-4-1-5(19-6(4)11)9(17)14-8-3(2-13-15-8)7(12)16-18/h1-2,18H,(H2,12,16)(H2,13,14,15,17). The smallest absolute Gasteiger partial charge is 0.266 e. The van der Waals surface area contributed by atoms with E-state index < -0.39 is 0 Å². The van der Waals surface area contributed by atoms with Gasteiger partial charge in [0.1, 0.15) is 5.82 Å². The summed E-state index contributed by atoms with van der Waals surface area (Å²) in [5.41, 5.74) is 5.77. The average molecular weight is 409 g/mol. The fourth-order valence-electron chi connectivity index (χ4n) is 1.26. The number of nitrogens with one attached hydrogen (secondary N) is 2. The Morgan fingerprint density at radius 1 is 1.58 bits per heavy atom. The molecule has 0 unspecified atom stereocenters. The summed E-state index contributed by atoms with van der Waals surface area (Å²) in [6.07, 6.45) is 1.35. The van der Waals surface area contributed by atoms with Gasteiger partial charge in [-0.2, -0.15) is 5.10 Å². The molecule has 2 rings (SSSR count). The Morgan fingerprint density at radius 3 is 2.89 bits per heavy atom. The van der Waals surface area contributed by atoms with E-state index in [1.807, 2.05) is 0 Å². The molecule has 5 N–H and O–H groups in total. The summed E-state index contributed by atoms with van der Waals surface area (Å²) in [7, 11) is 0. The Labute approximate surface area is 128 Å². The van der Waals surface area contributed by atoms with Crippen LogP contribution in [-0.4, -0.2) is 27.1 Å². The van der Waals surface area contributed by atoms with Gasteiger partial charge in [-0.3, -0.25) is 9.89 Å². The summed E-state index contributed by atoms with van der Waals surface area (Å²) in [5, 5.41) is 20.4. The molecule has 0 aliphatic carbocycles. The molecule has 0 aromatic carbocycles. The lowest BCUT2D eigenvalue weighted by molar-refractivity contribution is 0.103. The van der Waals surface area contributed by atoms with Crippen molar-refractivity contribution in [1.29, 1.82) is 0 Å². The fourth-order valence-corrected chi connectivity index (χ4v) is 3.19. The second-order valence-corrected chi connectivity index (χ2v) is 6.55. The highest BCUT2D eigenvalue weighted by Gasteiger charge is 2.16. The van der Waals surface area contributed by atoms with Crippen LogP contribution in [0.15, 0.2) is 25.7 Å². The first-order valence-corrected chi connectivity index (χ1v) is 7.20. The number of nitrogens with zero attached hydrogens (tertiary/aromatic N) is 2. The molecule has 7 nitrogen and oxygen atoms in total. The maximum Gasteiger partial charge on any atom is 0.266 e. The summed E-state index contributed by atoms with van der Waals surface area (Å²) in [5.74, 6) is -0.203. The minimum atomic E-state index is -0.326. The molecule has 2 aromatic rings. The molecule has 2 heterocycles. The summed E-state index contributed by atoms with van der Waals surface area (Å²) < 4.78 is 1.61. The predicted molar refractivity (Wildman–Crippen MR) is 78.8 cm³/mol. The SMILES string of the molecule is NC(=NO)c1cn[nH]c1NC(=O)c1cc(Br)c(Br)s1. The van der Waals surface area contributed by atoms with E-state index in [-0.39, 0.29) is 17.6 Å². The van der Waals surface area contributed by atoms with Gasteiger partial charge in [-0.25, -0.2) is 0 Å². The molecule has 0 aliphatic rings. The average Bonchev–Trinajstić information content (AvgIpc) is 2.96. The van der Waals surface area contributed by atoms with E-state index in [1.54, 1.807) is 6.07 Å². The number of aromatic amines is 1. The van der Waals surface area contributed by atoms with Gasteiger partial charge in [0, 0.05) is 4.47 Å². The summed E-state index contributed by atoms with van der Waals surface area (Å²) in [6, 6.07) is 1.68. The second-order valence-electron chi connectivity index (χ2n) is 3.33. The molecular formula is C9H7Br2N5O2S. The van der Waals surface area contributed by atoms with Crippen LogP contribution in [0.25, 0.3) is 0 Å². The Kier molecular flexibility index (Phi) is 4.22. The van der Waals surface area contributed by atoms with Crippen LogP contribution >= 0.6 is 43.2 Å². The Bertz CT molecular complexity index is 631. The first kappa shape index (κ1) is 14.0. The zero-order chi connectivity index (χ0) is 14.0. The molecular weight excluding hydrogens is 402 g/mol. The lowest BCUT2D eigenvalue weighted by atomic mass is 10.3. The largest absolute Gasteiger partial charge is 0.409 e. The number of H-pyrrole nitrogens is 1. The van der Waals surface area contributed by atoms with Crippen LogP contribution in [0.4, 0.5) is 5.82 Å². The zero-order valence-electron chi connectivity index (χ0n) is 9.15. The topological polar surface area (TPSA) is 116 Å². The van der Waals surface area contributed by atoms with Crippen LogP contribution < -0.4 is 11.1 Å². The number of oxime groups is 1. The molecule has 0 saturated carbocycles. The van der Waals surface area contributed by atoms with Gasteiger partial charge in [-0.05, 0) is 37.9 Å². The maximum atomic E-state index is 12.0. The summed E-state index contributed by atoms with van der Waals surface area (Å²) >= 11 is 7.89. The molecule has 0 atom stereocenters. The molecule has 10 heteroatoms. The van der Waals surface area contributed by atoms with Crippen LogP contribution in [0.2, 0.25) is 0 Å². The predicted octanol–water partition coefficient (Wildman–Crippen LogP) is 2.34. The number of hydrogen-bond acceptors (Lipinski definition) is 5. The Balaban J connectivity index is 2.22. The first-order valence-electron chi connectivity index (χ1n) is 4.80. The number of amidine groups is 1. The number of nitrogens with two attached hydrogens (primary N) is 1. The van der Waals surface area contributed by atoms with Gasteiger partial charge < -0.3 is 16.3 Å². The van der Waals surface area contributed by atoms with Crippen molar-refractivity contribution in [2.75, 3.05) is 5.32 Å². The van der Waals surface area contributed by atoms with E-state index in [1.165, 1.54) is 17.5 Å². The van der Waals surface area contributed by atoms with Crippen LogP contribution in [0.3, 0.4) is 0 Å². The highest BCUT2D eigenvalue weighted by molar-refractivity contribution is 9.13. The van der Waals surface area contributed by atoms with Gasteiger partial charge in [0.2, 0.25) is 0 Å². The Morgan fingerprint density at radius 2 is 2.32 bits per heavy atom. The van der Waals surface area contributed by atoms with Crippen molar-refractivity contribution in [3.05, 3.63) is 31.0 Å². The van der Waals surface area contributed by atoms with E-state index in [4.69, 9.17) is 10.9 Å². The summed E-state index contributed by atoms with van der Waals surface area (Å²) in [4.78, 5) is 12.5. The minimum absolute atomic E-state index is 0.141. The monoisotopic (exact) mass is 407 g/mol. The molecule has 19 heavy (non-hydrogen) atoms. The lowest BCUT2D eigenvalue weighted by Gasteiger charge is -2.02. The van der Waals surface area contributed by atoms with Crippen molar-refractivity contribution in [1.82, 2.24) is 10.2 Å². The van der Waals surface area contributed by atoms with Crippen LogP contribution in [-0.2, 0) is 0 Å². The third-order valence-corrected chi connectivity index (χ3v) is 5.39. The highest BCUT2D eigenvalue weighted by Crippen LogP contribution is 2.32. The van der Waals surface area contributed by atoms with E-state index in [0.717, 1.165) is 8.26 Å². The fraction of sp³-hybridized carbons (Fsp3) is 0. The van der Waals surface area contributed by atoms with E-state index in [0.29, 0.717) is 10.4 Å². The molecule has 0 saturated heterocycles. The number of anilines is 1. The van der Waals surface area contributed by atoms with Gasteiger partial charge in [0.15, 0.2) is 5.84 Å². The molecule has 0 radical (unpaired) electrons. The van der Waals surface area contributed by atoms with E-state index in [9.17, 15) is 4.79 Å². The van der Waals surface area contributed by atoms with Crippen molar-refractivity contribution in [2.24, 2.45) is 10.9 Å². The number of hydrogen-bond donors (Lipinski definition) is 4. The first-order chi connectivity index (χ1) is 9.02. The molecule has 0 aliphatic heterocycles. The summed E-state index contributed by atoms with van der Waals surface area (Å²) in [6.45, 7) is 0. The van der Waals surface area contributed by atoms with Gasteiger partial charge >= 0.3 is 0 Å². The number of halogens is 2. The van der Waals surface area contributed by atoms with E-state index >= 15 is 0 Å². The van der Waals surface area contributed by atoms with Crippen molar-refractivity contribution < 1.29 is 10.0 Å². The minimum Gasteiger partial charge on any atom is -0.409 e. The number of thiophene rings is 1. The molecule has 100 valence electrons. The van der Waals surface area contributed by atoms with Crippen molar-refractivity contribution in [2.45, 2.75) is 0 Å². The highest BCUT2D eigenvalue weighted by atomic mass is 79.9. The van der Waals surface area contributed by atoms with Crippen LogP contribution in [0.5, 0.6) is 0 Å². The van der Waals surface area contributed by atoms with Crippen molar-refractivity contribution in [3.8, 4) is 0 Å². The number of carbonyl (C=O) groups is 1. The number of carbonyl (C=O) groups excluding carboxylic acids is 1. The third-order valence-electron chi connectivity index (χ3n) is 2.13. The van der Waals surface area contributed by atoms with Gasteiger partial charge in [0.05, 0.1) is 20.4 Å². The quantitative estimate of drug-likeness (QED) is 0.270. The molecule has 0 spiro atoms. The van der Waals surface area contributed by atoms with Crippen molar-refractivity contribution in [3.63, 3.8) is 0 Å². The normalized spacial score (nSPS) is 11.6. The maximum absolute atomic E-state index is 12.0. The van der Waals surface area contributed by atoms with Gasteiger partial charge in [0.25, 0.3) is 5.91 Å². The lowest BCUT2D eigenvalue weighted by Crippen LogP contribution is -2.17. The van der Waals surface area contributed by atoms with E-state index in [2.05, 4.69) is 52.5 Å². The zero-order valence-corrected chi connectivity index (χ0v) is 13.1. The van der Waals surface area contributed by atoms with Crippen LogP contribution in [0, 0.1) is 0 Å².